The van der Waals surface area contributed by atoms with Crippen LogP contribution in [-0.4, -0.2) is 30.6 Å². The minimum Gasteiger partial charge on any atom is -0.497 e. The van der Waals surface area contributed by atoms with Crippen molar-refractivity contribution < 1.29 is 4.74 Å². The Morgan fingerprint density at radius 2 is 1.94 bits per heavy atom. The Hall–Kier alpha value is -3.59. The summed E-state index contributed by atoms with van der Waals surface area (Å²) < 4.78 is 10.5. The van der Waals surface area contributed by atoms with Gasteiger partial charge in [0.25, 0.3) is 11.1 Å². The van der Waals surface area contributed by atoms with Crippen molar-refractivity contribution in [2.75, 3.05) is 7.11 Å². The van der Waals surface area contributed by atoms with E-state index in [4.69, 9.17) is 9.72 Å². The smallest absolute Gasteiger partial charge is 0.278 e. The number of benzene rings is 1. The van der Waals surface area contributed by atoms with Crippen molar-refractivity contribution in [1.29, 1.82) is 0 Å². The van der Waals surface area contributed by atoms with E-state index in [0.29, 0.717) is 45.6 Å². The fourth-order valence-corrected chi connectivity index (χ4v) is 5.02. The van der Waals surface area contributed by atoms with Gasteiger partial charge in [-0.05, 0) is 36.8 Å². The molecule has 0 aliphatic heterocycles. The Kier molecular flexibility index (Phi) is 5.41. The zero-order valence-electron chi connectivity index (χ0n) is 18.6. The summed E-state index contributed by atoms with van der Waals surface area (Å²) in [4.78, 5) is 35.5. The van der Waals surface area contributed by atoms with E-state index >= 15 is 0 Å². The van der Waals surface area contributed by atoms with Crippen molar-refractivity contribution >= 4 is 39.3 Å². The first-order valence-corrected chi connectivity index (χ1v) is 11.7. The van der Waals surface area contributed by atoms with Gasteiger partial charge in [-0.3, -0.25) is 18.6 Å². The molecule has 4 aromatic heterocycles. The van der Waals surface area contributed by atoms with Crippen LogP contribution < -0.4 is 15.9 Å². The number of pyridine rings is 1. The lowest BCUT2D eigenvalue weighted by atomic mass is 10.2. The van der Waals surface area contributed by atoms with E-state index in [9.17, 15) is 9.59 Å². The quantitative estimate of drug-likeness (QED) is 0.284. The van der Waals surface area contributed by atoms with Crippen molar-refractivity contribution in [2.45, 2.75) is 30.8 Å². The van der Waals surface area contributed by atoms with Gasteiger partial charge in [-0.2, -0.15) is 0 Å². The van der Waals surface area contributed by atoms with Crippen LogP contribution in [0.4, 0.5) is 0 Å². The fraction of sp³-hybridized carbons (Fsp3) is 0.250. The van der Waals surface area contributed by atoms with Gasteiger partial charge in [-0.25, -0.2) is 9.97 Å². The number of ether oxygens (including phenoxy) is 1. The summed E-state index contributed by atoms with van der Waals surface area (Å²) in [7, 11) is 3.50. The molecule has 9 heteroatoms. The van der Waals surface area contributed by atoms with Gasteiger partial charge in [0.2, 0.25) is 0 Å². The molecule has 0 spiro atoms. The Balaban J connectivity index is 1.64. The Bertz CT molecular complexity index is 1630. The lowest BCUT2D eigenvalue weighted by Crippen LogP contribution is -2.24. The highest BCUT2D eigenvalue weighted by Gasteiger charge is 2.19. The summed E-state index contributed by atoms with van der Waals surface area (Å²) in [6.07, 6.45) is 2.50. The van der Waals surface area contributed by atoms with E-state index in [-0.39, 0.29) is 11.1 Å². The van der Waals surface area contributed by atoms with Crippen molar-refractivity contribution in [3.63, 3.8) is 0 Å². The first kappa shape index (κ1) is 21.3. The Morgan fingerprint density at radius 3 is 2.73 bits per heavy atom. The van der Waals surface area contributed by atoms with E-state index in [2.05, 4.69) is 4.98 Å². The summed E-state index contributed by atoms with van der Waals surface area (Å²) >= 11 is 1.41. The third-order valence-electron chi connectivity index (χ3n) is 5.69. The predicted molar refractivity (Wildman–Crippen MR) is 130 cm³/mol. The largest absolute Gasteiger partial charge is 0.497 e. The van der Waals surface area contributed by atoms with Gasteiger partial charge < -0.3 is 9.30 Å². The number of hydrogen-bond acceptors (Lipinski definition) is 6. The average molecular weight is 462 g/mol. The number of hydrogen-bond donors (Lipinski definition) is 0. The first-order chi connectivity index (χ1) is 16.0. The number of methoxy groups -OCH3 is 1. The second-order valence-electron chi connectivity index (χ2n) is 7.79. The monoisotopic (exact) mass is 461 g/mol. The van der Waals surface area contributed by atoms with Crippen LogP contribution in [0, 0.1) is 0 Å². The molecule has 0 saturated carbocycles. The zero-order valence-corrected chi connectivity index (χ0v) is 19.4. The van der Waals surface area contributed by atoms with Gasteiger partial charge in [-0.1, -0.05) is 24.8 Å². The highest BCUT2D eigenvalue weighted by atomic mass is 32.2. The molecule has 0 N–H and O–H groups in total. The van der Waals surface area contributed by atoms with Gasteiger partial charge in [0, 0.05) is 37.0 Å². The van der Waals surface area contributed by atoms with Crippen molar-refractivity contribution in [3.8, 4) is 5.75 Å². The van der Waals surface area contributed by atoms with Crippen LogP contribution in [0.2, 0.25) is 0 Å². The van der Waals surface area contributed by atoms with E-state index in [0.717, 1.165) is 17.3 Å². The van der Waals surface area contributed by atoms with Crippen molar-refractivity contribution in [2.24, 2.45) is 7.05 Å². The van der Waals surface area contributed by atoms with Crippen LogP contribution in [0.3, 0.4) is 0 Å². The molecule has 4 heterocycles. The molecule has 0 amide bonds. The van der Waals surface area contributed by atoms with Crippen molar-refractivity contribution in [3.05, 3.63) is 75.1 Å². The summed E-state index contributed by atoms with van der Waals surface area (Å²) in [5, 5.41) is 1.48. The molecule has 8 nitrogen and oxygen atoms in total. The fourth-order valence-electron chi connectivity index (χ4n) is 4.11. The number of rotatable bonds is 6. The predicted octanol–water partition coefficient (Wildman–Crippen LogP) is 3.61. The minimum atomic E-state index is -0.133. The average Bonchev–Trinajstić information content (AvgIpc) is 3.11. The summed E-state index contributed by atoms with van der Waals surface area (Å²) in [6, 6.07) is 12.7. The lowest BCUT2D eigenvalue weighted by molar-refractivity contribution is 0.415. The second-order valence-corrected chi connectivity index (χ2v) is 8.74. The first-order valence-electron chi connectivity index (χ1n) is 10.7. The summed E-state index contributed by atoms with van der Waals surface area (Å²) in [6.45, 7) is 2.59. The van der Waals surface area contributed by atoms with Crippen LogP contribution in [0.25, 0.3) is 27.6 Å². The molecule has 0 atom stereocenters. The molecular formula is C24H23N5O3S. The standard InChI is InChI=1S/C24H23N5O3S/c1-4-10-29-23(31)22-21(17-13-16(32-3)8-9-18(17)27(22)2)26-24(29)33-14-15-12-20(30)28-11-6-5-7-19(28)25-15/h5-9,11-13H,4,10,14H2,1-3H3. The maximum Gasteiger partial charge on any atom is 0.278 e. The summed E-state index contributed by atoms with van der Waals surface area (Å²) in [5.74, 6) is 1.14. The molecule has 0 radical (unpaired) electrons. The SMILES string of the molecule is CCCn1c(SCc2cc(=O)n3ccccc3n2)nc2c3cc(OC)ccc3n(C)c2c1=O. The molecule has 33 heavy (non-hydrogen) atoms. The highest BCUT2D eigenvalue weighted by Crippen LogP contribution is 2.30. The van der Waals surface area contributed by atoms with Crippen LogP contribution in [0.5, 0.6) is 5.75 Å². The number of thioether (sulfide) groups is 1. The number of aromatic nitrogens is 5. The maximum atomic E-state index is 13.5. The zero-order chi connectivity index (χ0) is 23.1. The molecule has 0 saturated heterocycles. The molecular weight excluding hydrogens is 438 g/mol. The molecule has 168 valence electrons. The number of nitrogens with zero attached hydrogens (tertiary/aromatic N) is 5. The Morgan fingerprint density at radius 1 is 1.09 bits per heavy atom. The summed E-state index contributed by atoms with van der Waals surface area (Å²) in [5.41, 5.74) is 3.17. The number of aryl methyl sites for hydroxylation is 1. The molecule has 5 aromatic rings. The van der Waals surface area contributed by atoms with Gasteiger partial charge in [0.05, 0.1) is 18.3 Å². The van der Waals surface area contributed by atoms with Gasteiger partial charge in [-0.15, -0.1) is 0 Å². The third-order valence-corrected chi connectivity index (χ3v) is 6.70. The molecule has 0 bridgehead atoms. The van der Waals surface area contributed by atoms with E-state index in [1.807, 2.05) is 42.8 Å². The van der Waals surface area contributed by atoms with E-state index < -0.39 is 0 Å². The van der Waals surface area contributed by atoms with Crippen molar-refractivity contribution in [1.82, 2.24) is 23.5 Å². The molecule has 0 fully saturated rings. The van der Waals surface area contributed by atoms with Gasteiger partial charge >= 0.3 is 0 Å². The second kappa shape index (κ2) is 8.40. The molecule has 0 aliphatic carbocycles. The van der Waals surface area contributed by atoms with E-state index in [1.165, 1.54) is 22.2 Å². The molecule has 0 unspecified atom stereocenters. The molecule has 5 rings (SSSR count). The van der Waals surface area contributed by atoms with Gasteiger partial charge in [0.1, 0.15) is 22.4 Å². The van der Waals surface area contributed by atoms with Crippen LogP contribution in [0.1, 0.15) is 19.0 Å². The lowest BCUT2D eigenvalue weighted by Gasteiger charge is -2.11. The van der Waals surface area contributed by atoms with Gasteiger partial charge in [0.15, 0.2) is 5.16 Å². The molecule has 1 aromatic carbocycles. The molecule has 0 aliphatic rings. The minimum absolute atomic E-state index is 0.0754. The van der Waals surface area contributed by atoms with Crippen LogP contribution >= 0.6 is 11.8 Å². The third kappa shape index (κ3) is 3.58. The maximum absolute atomic E-state index is 13.5. The van der Waals surface area contributed by atoms with E-state index in [1.54, 1.807) is 30.0 Å². The van der Waals surface area contributed by atoms with Crippen LogP contribution in [-0.2, 0) is 19.3 Å². The number of fused-ring (bicyclic) bond motifs is 4. The topological polar surface area (TPSA) is 83.4 Å². The highest BCUT2D eigenvalue weighted by molar-refractivity contribution is 7.98. The normalized spacial score (nSPS) is 11.6. The van der Waals surface area contributed by atoms with Crippen LogP contribution in [0.15, 0.2) is 63.4 Å². The Labute approximate surface area is 193 Å².